The molecule has 0 N–H and O–H groups in total. The lowest BCUT2D eigenvalue weighted by Crippen LogP contribution is -1.92. The maximum Gasteiger partial charge on any atom is 0.321 e. The monoisotopic (exact) mass is 346 g/mol. The largest absolute Gasteiger partial charge is 0.457 e. The Kier molecular flexibility index (Phi) is 4.39. The van der Waals surface area contributed by atoms with Gasteiger partial charge in [-0.25, -0.2) is 9.97 Å². The average Bonchev–Trinajstić information content (AvgIpc) is 3.20. The van der Waals surface area contributed by atoms with Gasteiger partial charge in [0.1, 0.15) is 17.2 Å². The first-order chi connectivity index (χ1) is 12.4. The normalized spacial score (nSPS) is 10.4. The summed E-state index contributed by atoms with van der Waals surface area (Å²) < 4.78 is 11.4. The molecule has 0 radical (unpaired) electrons. The van der Waals surface area contributed by atoms with Crippen molar-refractivity contribution in [1.29, 1.82) is 0 Å². The second-order valence-corrected chi connectivity index (χ2v) is 6.17. The zero-order valence-electron chi connectivity index (χ0n) is 13.2. The molecule has 0 saturated carbocycles. The number of para-hydroxylation sites is 1. The summed E-state index contributed by atoms with van der Waals surface area (Å²) in [4.78, 5) is 9.66. The lowest BCUT2D eigenvalue weighted by atomic mass is 10.3. The molecular weight excluding hydrogens is 332 g/mol. The van der Waals surface area contributed by atoms with Crippen LogP contribution in [0.25, 0.3) is 10.4 Å². The van der Waals surface area contributed by atoms with Crippen LogP contribution in [-0.4, -0.2) is 9.97 Å². The minimum atomic E-state index is 0.317. The molecule has 0 spiro atoms. The first-order valence-corrected chi connectivity index (χ1v) is 8.61. The van der Waals surface area contributed by atoms with E-state index in [4.69, 9.17) is 9.47 Å². The van der Waals surface area contributed by atoms with E-state index in [2.05, 4.69) is 9.97 Å². The summed E-state index contributed by atoms with van der Waals surface area (Å²) in [6.45, 7) is 0. The Bertz CT molecular complexity index is 922. The van der Waals surface area contributed by atoms with Gasteiger partial charge in [0.05, 0.1) is 0 Å². The molecule has 0 atom stereocenters. The fourth-order valence-corrected chi connectivity index (χ4v) is 2.95. The van der Waals surface area contributed by atoms with Gasteiger partial charge >= 0.3 is 6.01 Å². The molecule has 4 aromatic rings. The van der Waals surface area contributed by atoms with Crippen LogP contribution in [0.15, 0.2) is 84.5 Å². The molecule has 2 heterocycles. The summed E-state index contributed by atoms with van der Waals surface area (Å²) in [6, 6.07) is 21.4. The molecule has 2 aromatic heterocycles. The fraction of sp³-hybridized carbons (Fsp3) is 0. The Balaban J connectivity index is 1.42. The highest BCUT2D eigenvalue weighted by molar-refractivity contribution is 7.13. The van der Waals surface area contributed by atoms with Gasteiger partial charge in [0, 0.05) is 22.8 Å². The maximum atomic E-state index is 5.75. The summed E-state index contributed by atoms with van der Waals surface area (Å²) in [5.74, 6) is 2.19. The van der Waals surface area contributed by atoms with E-state index in [0.29, 0.717) is 11.8 Å². The van der Waals surface area contributed by atoms with E-state index in [1.165, 1.54) is 0 Å². The highest BCUT2D eigenvalue weighted by Gasteiger charge is 2.04. The number of nitrogens with zero attached hydrogens (tertiary/aromatic N) is 2. The van der Waals surface area contributed by atoms with Crippen molar-refractivity contribution in [3.05, 3.63) is 84.5 Å². The highest BCUT2D eigenvalue weighted by Crippen LogP contribution is 2.27. The first kappa shape index (κ1) is 15.4. The topological polar surface area (TPSA) is 44.2 Å². The minimum absolute atomic E-state index is 0.317. The van der Waals surface area contributed by atoms with Crippen LogP contribution in [0.1, 0.15) is 0 Å². The quantitative estimate of drug-likeness (QED) is 0.459. The number of ether oxygens (including phenoxy) is 2. The van der Waals surface area contributed by atoms with Crippen molar-refractivity contribution in [2.45, 2.75) is 0 Å². The minimum Gasteiger partial charge on any atom is -0.457 e. The van der Waals surface area contributed by atoms with Gasteiger partial charge in [-0.15, -0.1) is 11.3 Å². The summed E-state index contributed by atoms with van der Waals surface area (Å²) >= 11 is 1.65. The predicted octanol–water partition coefficient (Wildman–Crippen LogP) is 5.79. The zero-order valence-corrected chi connectivity index (χ0v) is 14.0. The van der Waals surface area contributed by atoms with Crippen molar-refractivity contribution in [3.8, 4) is 33.7 Å². The molecule has 4 rings (SSSR count). The smallest absolute Gasteiger partial charge is 0.321 e. The predicted molar refractivity (Wildman–Crippen MR) is 98.4 cm³/mol. The van der Waals surface area contributed by atoms with E-state index in [0.717, 1.165) is 21.9 Å². The Hall–Kier alpha value is -3.18. The molecule has 25 heavy (non-hydrogen) atoms. The number of aromatic nitrogens is 2. The van der Waals surface area contributed by atoms with Gasteiger partial charge in [-0.1, -0.05) is 24.3 Å². The lowest BCUT2D eigenvalue weighted by Gasteiger charge is -2.07. The van der Waals surface area contributed by atoms with Gasteiger partial charge < -0.3 is 9.47 Å². The van der Waals surface area contributed by atoms with E-state index in [-0.39, 0.29) is 0 Å². The van der Waals surface area contributed by atoms with E-state index in [1.54, 1.807) is 23.7 Å². The molecule has 0 fully saturated rings. The van der Waals surface area contributed by atoms with E-state index >= 15 is 0 Å². The summed E-state index contributed by atoms with van der Waals surface area (Å²) in [6.07, 6.45) is 3.53. The summed E-state index contributed by atoms with van der Waals surface area (Å²) in [5, 5.41) is 2.03. The van der Waals surface area contributed by atoms with Crippen LogP contribution in [0.3, 0.4) is 0 Å². The second kappa shape index (κ2) is 7.15. The number of hydrogen-bond donors (Lipinski definition) is 0. The molecule has 0 aliphatic carbocycles. The van der Waals surface area contributed by atoms with Crippen LogP contribution in [0.2, 0.25) is 0 Å². The number of rotatable bonds is 5. The van der Waals surface area contributed by atoms with Gasteiger partial charge in [-0.2, -0.15) is 0 Å². The maximum absolute atomic E-state index is 5.75. The highest BCUT2D eigenvalue weighted by atomic mass is 32.1. The van der Waals surface area contributed by atoms with Gasteiger partial charge in [0.2, 0.25) is 0 Å². The SMILES string of the molecule is c1ccc(Oc2ccc(Oc3ncc(-c4cccs4)cn3)cc2)cc1. The van der Waals surface area contributed by atoms with Crippen molar-refractivity contribution >= 4 is 11.3 Å². The van der Waals surface area contributed by atoms with Crippen LogP contribution in [0.5, 0.6) is 23.3 Å². The lowest BCUT2D eigenvalue weighted by molar-refractivity contribution is 0.438. The van der Waals surface area contributed by atoms with Crippen molar-refractivity contribution < 1.29 is 9.47 Å². The first-order valence-electron chi connectivity index (χ1n) is 7.73. The van der Waals surface area contributed by atoms with Crippen molar-refractivity contribution in [2.24, 2.45) is 0 Å². The Morgan fingerprint density at radius 2 is 1.28 bits per heavy atom. The van der Waals surface area contributed by atoms with Gasteiger partial charge in [-0.05, 0) is 47.8 Å². The molecule has 0 amide bonds. The molecule has 4 nitrogen and oxygen atoms in total. The van der Waals surface area contributed by atoms with Crippen LogP contribution >= 0.6 is 11.3 Å². The molecule has 0 aliphatic heterocycles. The van der Waals surface area contributed by atoms with Crippen LogP contribution in [0.4, 0.5) is 0 Å². The Labute approximate surface area is 149 Å². The Morgan fingerprint density at radius 1 is 0.640 bits per heavy atom. The fourth-order valence-electron chi connectivity index (χ4n) is 2.24. The molecule has 0 aliphatic rings. The van der Waals surface area contributed by atoms with Crippen molar-refractivity contribution in [3.63, 3.8) is 0 Å². The molecule has 2 aromatic carbocycles. The van der Waals surface area contributed by atoms with Gasteiger partial charge in [0.25, 0.3) is 0 Å². The molecular formula is C20H14N2O2S. The summed E-state index contributed by atoms with van der Waals surface area (Å²) in [5.41, 5.74) is 0.981. The third-order valence-corrected chi connectivity index (χ3v) is 4.36. The van der Waals surface area contributed by atoms with Crippen molar-refractivity contribution in [1.82, 2.24) is 9.97 Å². The van der Waals surface area contributed by atoms with Gasteiger partial charge in [0.15, 0.2) is 0 Å². The molecule has 0 saturated heterocycles. The second-order valence-electron chi connectivity index (χ2n) is 5.22. The molecule has 5 heteroatoms. The third-order valence-electron chi connectivity index (χ3n) is 3.45. The average molecular weight is 346 g/mol. The number of benzene rings is 2. The molecule has 122 valence electrons. The summed E-state index contributed by atoms with van der Waals surface area (Å²) in [7, 11) is 0. The van der Waals surface area contributed by atoms with Gasteiger partial charge in [-0.3, -0.25) is 0 Å². The van der Waals surface area contributed by atoms with E-state index in [9.17, 15) is 0 Å². The number of hydrogen-bond acceptors (Lipinski definition) is 5. The zero-order chi connectivity index (χ0) is 16.9. The molecule has 0 unspecified atom stereocenters. The standard InChI is InChI=1S/C20H14N2O2S/c1-2-5-16(6-3-1)23-17-8-10-18(11-9-17)24-20-21-13-15(14-22-20)19-7-4-12-25-19/h1-14H. The van der Waals surface area contributed by atoms with Crippen molar-refractivity contribution in [2.75, 3.05) is 0 Å². The number of thiophene rings is 1. The van der Waals surface area contributed by atoms with Crippen LogP contribution in [-0.2, 0) is 0 Å². The van der Waals surface area contributed by atoms with E-state index in [1.807, 2.05) is 72.1 Å². The van der Waals surface area contributed by atoms with Crippen LogP contribution < -0.4 is 9.47 Å². The van der Waals surface area contributed by atoms with E-state index < -0.39 is 0 Å². The third kappa shape index (κ3) is 3.84. The van der Waals surface area contributed by atoms with Crippen LogP contribution in [0, 0.1) is 0 Å². The molecule has 0 bridgehead atoms. The Morgan fingerprint density at radius 3 is 1.92 bits per heavy atom.